The predicted molar refractivity (Wildman–Crippen MR) is 104 cm³/mol. The Kier molecular flexibility index (Phi) is 4.27. The molecule has 0 bridgehead atoms. The fourth-order valence-electron chi connectivity index (χ4n) is 3.28. The number of benzene rings is 2. The minimum atomic E-state index is -0.159. The zero-order valence-electron chi connectivity index (χ0n) is 14.6. The SMILES string of the molecule is Cn1cc(/C=C/C(=O)Nc2ccccc2N2CCc3ccccc32)cn1. The van der Waals surface area contributed by atoms with Gasteiger partial charge in [0.2, 0.25) is 5.91 Å². The van der Waals surface area contributed by atoms with Crippen LogP contribution in [0.4, 0.5) is 17.1 Å². The molecule has 5 heteroatoms. The number of carbonyl (C=O) groups excluding carboxylic acids is 1. The molecule has 1 aliphatic heterocycles. The molecule has 0 atom stereocenters. The van der Waals surface area contributed by atoms with Gasteiger partial charge in [-0.1, -0.05) is 30.3 Å². The highest BCUT2D eigenvalue weighted by atomic mass is 16.1. The molecule has 5 nitrogen and oxygen atoms in total. The van der Waals surface area contributed by atoms with Gasteiger partial charge in [0.25, 0.3) is 0 Å². The first-order valence-corrected chi connectivity index (χ1v) is 8.63. The van der Waals surface area contributed by atoms with E-state index in [1.807, 2.05) is 37.5 Å². The number of amides is 1. The maximum atomic E-state index is 12.4. The number of hydrogen-bond donors (Lipinski definition) is 1. The number of nitrogens with zero attached hydrogens (tertiary/aromatic N) is 3. The van der Waals surface area contributed by atoms with E-state index in [9.17, 15) is 4.79 Å². The molecule has 0 aliphatic carbocycles. The Morgan fingerprint density at radius 3 is 2.69 bits per heavy atom. The van der Waals surface area contributed by atoms with Crippen molar-refractivity contribution in [1.82, 2.24) is 9.78 Å². The Labute approximate surface area is 152 Å². The van der Waals surface area contributed by atoms with E-state index >= 15 is 0 Å². The van der Waals surface area contributed by atoms with Crippen LogP contribution in [0.15, 0.2) is 67.0 Å². The lowest BCUT2D eigenvalue weighted by molar-refractivity contribution is -0.111. The summed E-state index contributed by atoms with van der Waals surface area (Å²) in [6, 6.07) is 16.3. The predicted octanol–water partition coefficient (Wildman–Crippen LogP) is 3.77. The highest BCUT2D eigenvalue weighted by Crippen LogP contribution is 2.38. The average molecular weight is 344 g/mol. The van der Waals surface area contributed by atoms with Crippen LogP contribution in [0.25, 0.3) is 6.08 Å². The Balaban J connectivity index is 1.55. The van der Waals surface area contributed by atoms with Gasteiger partial charge in [-0.25, -0.2) is 0 Å². The lowest BCUT2D eigenvalue weighted by atomic mass is 10.1. The number of para-hydroxylation sites is 3. The van der Waals surface area contributed by atoms with E-state index in [-0.39, 0.29) is 5.91 Å². The second kappa shape index (κ2) is 6.88. The van der Waals surface area contributed by atoms with Crippen molar-refractivity contribution >= 4 is 29.0 Å². The summed E-state index contributed by atoms with van der Waals surface area (Å²) in [5.74, 6) is -0.159. The molecular weight excluding hydrogens is 324 g/mol. The highest BCUT2D eigenvalue weighted by Gasteiger charge is 2.21. The lowest BCUT2D eigenvalue weighted by Gasteiger charge is -2.22. The lowest BCUT2D eigenvalue weighted by Crippen LogP contribution is -2.17. The Bertz CT molecular complexity index is 973. The van der Waals surface area contributed by atoms with Gasteiger partial charge in [-0.05, 0) is 36.3 Å². The normalized spacial score (nSPS) is 13.2. The van der Waals surface area contributed by atoms with Crippen molar-refractivity contribution in [2.75, 3.05) is 16.8 Å². The Hall–Kier alpha value is -3.34. The van der Waals surface area contributed by atoms with E-state index in [2.05, 4.69) is 39.6 Å². The molecule has 4 rings (SSSR count). The highest BCUT2D eigenvalue weighted by molar-refractivity contribution is 6.04. The Morgan fingerprint density at radius 2 is 1.88 bits per heavy atom. The maximum Gasteiger partial charge on any atom is 0.248 e. The standard InChI is InChI=1S/C21H20N4O/c1-24-15-16(14-22-24)10-11-21(26)23-18-7-3-5-9-20(18)25-13-12-17-6-2-4-8-19(17)25/h2-11,14-15H,12-13H2,1H3,(H,23,26)/b11-10+. The fourth-order valence-corrected chi connectivity index (χ4v) is 3.28. The molecule has 26 heavy (non-hydrogen) atoms. The van der Waals surface area contributed by atoms with E-state index in [4.69, 9.17) is 0 Å². The van der Waals surface area contributed by atoms with E-state index in [1.165, 1.54) is 17.3 Å². The van der Waals surface area contributed by atoms with Crippen LogP contribution >= 0.6 is 0 Å². The summed E-state index contributed by atoms with van der Waals surface area (Å²) in [5.41, 5.74) is 5.26. The van der Waals surface area contributed by atoms with Gasteiger partial charge in [-0.15, -0.1) is 0 Å². The minimum Gasteiger partial charge on any atom is -0.339 e. The summed E-state index contributed by atoms with van der Waals surface area (Å²) in [5, 5.41) is 7.09. The molecule has 1 aromatic heterocycles. The molecule has 2 heterocycles. The first kappa shape index (κ1) is 16.1. The molecule has 0 fully saturated rings. The zero-order valence-corrected chi connectivity index (χ0v) is 14.6. The average Bonchev–Trinajstić information content (AvgIpc) is 3.27. The summed E-state index contributed by atoms with van der Waals surface area (Å²) >= 11 is 0. The number of carbonyl (C=O) groups is 1. The molecule has 1 aliphatic rings. The van der Waals surface area contributed by atoms with Gasteiger partial charge in [-0.3, -0.25) is 9.48 Å². The molecule has 0 spiro atoms. The van der Waals surface area contributed by atoms with Gasteiger partial charge >= 0.3 is 0 Å². The van der Waals surface area contributed by atoms with E-state index in [1.54, 1.807) is 17.0 Å². The molecule has 0 saturated carbocycles. The van der Waals surface area contributed by atoms with Gasteiger partial charge in [0.1, 0.15) is 0 Å². The molecule has 130 valence electrons. The van der Waals surface area contributed by atoms with Crippen molar-refractivity contribution < 1.29 is 4.79 Å². The second-order valence-electron chi connectivity index (χ2n) is 6.32. The zero-order chi connectivity index (χ0) is 17.9. The van der Waals surface area contributed by atoms with Crippen LogP contribution in [0.3, 0.4) is 0 Å². The van der Waals surface area contributed by atoms with E-state index in [0.29, 0.717) is 0 Å². The summed E-state index contributed by atoms with van der Waals surface area (Å²) in [6.45, 7) is 0.914. The van der Waals surface area contributed by atoms with Gasteiger partial charge in [0.15, 0.2) is 0 Å². The minimum absolute atomic E-state index is 0.159. The number of aryl methyl sites for hydroxylation is 1. The van der Waals surface area contributed by atoms with Crippen LogP contribution in [0, 0.1) is 0 Å². The van der Waals surface area contributed by atoms with Crippen molar-refractivity contribution in [3.8, 4) is 0 Å². The maximum absolute atomic E-state index is 12.4. The number of aromatic nitrogens is 2. The van der Waals surface area contributed by atoms with Crippen molar-refractivity contribution in [1.29, 1.82) is 0 Å². The van der Waals surface area contributed by atoms with Crippen LogP contribution in [0.5, 0.6) is 0 Å². The third-order valence-electron chi connectivity index (χ3n) is 4.49. The smallest absolute Gasteiger partial charge is 0.248 e. The second-order valence-corrected chi connectivity index (χ2v) is 6.32. The van der Waals surface area contributed by atoms with Gasteiger partial charge in [0.05, 0.1) is 17.6 Å². The van der Waals surface area contributed by atoms with Crippen LogP contribution < -0.4 is 10.2 Å². The number of hydrogen-bond acceptors (Lipinski definition) is 3. The number of rotatable bonds is 4. The molecule has 0 unspecified atom stereocenters. The van der Waals surface area contributed by atoms with Crippen LogP contribution in [0.1, 0.15) is 11.1 Å². The molecular formula is C21H20N4O. The van der Waals surface area contributed by atoms with Crippen LogP contribution in [-0.2, 0) is 18.3 Å². The van der Waals surface area contributed by atoms with Crippen molar-refractivity contribution in [3.63, 3.8) is 0 Å². The van der Waals surface area contributed by atoms with Crippen LogP contribution in [-0.4, -0.2) is 22.2 Å². The number of fused-ring (bicyclic) bond motifs is 1. The Morgan fingerprint density at radius 1 is 1.12 bits per heavy atom. The first-order valence-electron chi connectivity index (χ1n) is 8.63. The quantitative estimate of drug-likeness (QED) is 0.733. The van der Waals surface area contributed by atoms with Crippen LogP contribution in [0.2, 0.25) is 0 Å². The van der Waals surface area contributed by atoms with Gasteiger partial charge in [-0.2, -0.15) is 5.10 Å². The molecule has 0 radical (unpaired) electrons. The number of anilines is 3. The van der Waals surface area contributed by atoms with Crippen molar-refractivity contribution in [3.05, 3.63) is 78.1 Å². The number of nitrogens with one attached hydrogen (secondary N) is 1. The molecule has 1 N–H and O–H groups in total. The van der Waals surface area contributed by atoms with Gasteiger partial charge < -0.3 is 10.2 Å². The van der Waals surface area contributed by atoms with E-state index in [0.717, 1.165) is 29.9 Å². The van der Waals surface area contributed by atoms with E-state index < -0.39 is 0 Å². The van der Waals surface area contributed by atoms with Crippen molar-refractivity contribution in [2.45, 2.75) is 6.42 Å². The third kappa shape index (κ3) is 3.24. The largest absolute Gasteiger partial charge is 0.339 e. The fraction of sp³-hybridized carbons (Fsp3) is 0.143. The van der Waals surface area contributed by atoms with Gasteiger partial charge in [0, 0.05) is 37.1 Å². The molecule has 2 aromatic carbocycles. The topological polar surface area (TPSA) is 50.2 Å². The molecule has 1 amide bonds. The van der Waals surface area contributed by atoms with Crippen molar-refractivity contribution in [2.24, 2.45) is 7.05 Å². The summed E-state index contributed by atoms with van der Waals surface area (Å²) in [6.07, 6.45) is 7.89. The molecule has 0 saturated heterocycles. The summed E-state index contributed by atoms with van der Waals surface area (Å²) in [7, 11) is 1.85. The third-order valence-corrected chi connectivity index (χ3v) is 4.49. The first-order chi connectivity index (χ1) is 12.7. The molecule has 3 aromatic rings. The summed E-state index contributed by atoms with van der Waals surface area (Å²) < 4.78 is 1.71. The monoisotopic (exact) mass is 344 g/mol. The summed E-state index contributed by atoms with van der Waals surface area (Å²) in [4.78, 5) is 14.6.